The number of esters is 2. The minimum Gasteiger partial charge on any atom is -0.474 e. The Labute approximate surface area is 263 Å². The Kier molecular flexibility index (Phi) is 9.95. The maximum Gasteiger partial charge on any atom is 0.434 e. The van der Waals surface area contributed by atoms with Crippen molar-refractivity contribution in [1.82, 2.24) is 4.57 Å². The summed E-state index contributed by atoms with van der Waals surface area (Å²) < 4.78 is 58.6. The zero-order valence-corrected chi connectivity index (χ0v) is 25.8. The molecule has 0 saturated heterocycles. The molecule has 0 aliphatic carbocycles. The minimum absolute atomic E-state index is 0.0537. The van der Waals surface area contributed by atoms with Gasteiger partial charge in [-0.2, -0.15) is 13.2 Å². The summed E-state index contributed by atoms with van der Waals surface area (Å²) in [4.78, 5) is 52.7. The average Bonchev–Trinajstić information content (AvgIpc) is 3.26. The number of aromatic nitrogens is 1. The summed E-state index contributed by atoms with van der Waals surface area (Å²) in [6.45, 7) is 2.22. The number of thiazole rings is 1. The van der Waals surface area contributed by atoms with Crippen LogP contribution in [0.5, 0.6) is 5.75 Å². The number of fused-ring (bicyclic) bond motifs is 1. The molecule has 0 unspecified atom stereocenters. The van der Waals surface area contributed by atoms with Crippen LogP contribution in [-0.2, 0) is 19.1 Å². The third-order valence-corrected chi connectivity index (χ3v) is 7.79. The first-order valence-electron chi connectivity index (χ1n) is 12.6. The number of rotatable bonds is 9. The van der Waals surface area contributed by atoms with Crippen LogP contribution in [0.2, 0.25) is 5.02 Å². The number of alkyl halides is 3. The lowest BCUT2D eigenvalue weighted by Gasteiger charge is -2.26. The molecule has 0 saturated carbocycles. The lowest BCUT2D eigenvalue weighted by molar-refractivity contribution is -0.385. The van der Waals surface area contributed by atoms with Gasteiger partial charge in [0.2, 0.25) is 5.75 Å². The van der Waals surface area contributed by atoms with E-state index < -0.39 is 58.2 Å². The first-order chi connectivity index (χ1) is 20.8. The van der Waals surface area contributed by atoms with Gasteiger partial charge in [0, 0.05) is 11.1 Å². The van der Waals surface area contributed by atoms with Gasteiger partial charge in [-0.15, -0.1) is 0 Å². The van der Waals surface area contributed by atoms with Gasteiger partial charge in [-0.1, -0.05) is 35.1 Å². The van der Waals surface area contributed by atoms with Crippen LogP contribution in [0, 0.1) is 10.1 Å². The van der Waals surface area contributed by atoms with Crippen LogP contribution in [-0.4, -0.2) is 47.4 Å². The molecule has 4 rings (SSSR count). The molecule has 0 bridgehead atoms. The SMILES string of the molecule is CCOC(=O)COc1c(Br)cc(/C=c2\sc3n(c2=O)[C@@H](c2ccc(Cl)cc2)C(C(=O)OCC)=C(C(F)(F)F)N=3)cc1[N+](=O)[O-]. The standard InChI is InChI=1S/C27H20BrClF3N3O8S/c1-3-41-19(36)12-43-22-16(28)9-13(10-17(22)35(39)40)11-18-24(37)34-21(14-5-7-15(29)8-6-14)20(25(38)42-4-2)23(27(30,31)32)33-26(34)44-18/h5-11,21H,3-4,12H2,1-2H3/b18-11-/t21-/m0/s1. The lowest BCUT2D eigenvalue weighted by atomic mass is 9.95. The van der Waals surface area contributed by atoms with Crippen molar-refractivity contribution in [3.05, 3.63) is 98.1 Å². The fourth-order valence-corrected chi connectivity index (χ4v) is 5.96. The summed E-state index contributed by atoms with van der Waals surface area (Å²) in [6.07, 6.45) is -3.87. The molecular weight excluding hydrogens is 699 g/mol. The average molecular weight is 719 g/mol. The maximum atomic E-state index is 14.3. The molecule has 232 valence electrons. The molecule has 1 aliphatic rings. The van der Waals surface area contributed by atoms with E-state index in [0.717, 1.165) is 10.6 Å². The maximum absolute atomic E-state index is 14.3. The molecule has 1 atom stereocenters. The number of nitro benzene ring substituents is 1. The Balaban J connectivity index is 1.93. The van der Waals surface area contributed by atoms with E-state index in [1.54, 1.807) is 6.92 Å². The third kappa shape index (κ3) is 6.87. The Morgan fingerprint density at radius 1 is 1.18 bits per heavy atom. The van der Waals surface area contributed by atoms with Crippen molar-refractivity contribution >= 4 is 62.6 Å². The van der Waals surface area contributed by atoms with Crippen LogP contribution >= 0.6 is 38.9 Å². The fraction of sp³-hybridized carbons (Fsp3) is 0.259. The van der Waals surface area contributed by atoms with Gasteiger partial charge in [-0.3, -0.25) is 19.5 Å². The number of nitro groups is 1. The summed E-state index contributed by atoms with van der Waals surface area (Å²) in [6, 6.07) is 6.37. The Hall–Kier alpha value is -4.02. The molecule has 3 aromatic rings. The van der Waals surface area contributed by atoms with Crippen molar-refractivity contribution in [2.24, 2.45) is 4.99 Å². The summed E-state index contributed by atoms with van der Waals surface area (Å²) >= 11 is 9.73. The smallest absolute Gasteiger partial charge is 0.434 e. The summed E-state index contributed by atoms with van der Waals surface area (Å²) in [5, 5.41) is 12.1. The summed E-state index contributed by atoms with van der Waals surface area (Å²) in [5.74, 6) is -2.34. The first-order valence-corrected chi connectivity index (χ1v) is 14.6. The second-order valence-corrected chi connectivity index (χ2v) is 11.1. The second kappa shape index (κ2) is 13.3. The number of hydrogen-bond donors (Lipinski definition) is 0. The van der Waals surface area contributed by atoms with E-state index >= 15 is 0 Å². The highest BCUT2D eigenvalue weighted by molar-refractivity contribution is 9.10. The molecule has 0 fully saturated rings. The van der Waals surface area contributed by atoms with Crippen LogP contribution in [0.25, 0.3) is 6.08 Å². The Bertz CT molecular complexity index is 1860. The van der Waals surface area contributed by atoms with E-state index in [4.69, 9.17) is 25.8 Å². The van der Waals surface area contributed by atoms with Crippen molar-refractivity contribution in [3.63, 3.8) is 0 Å². The van der Waals surface area contributed by atoms with Crippen LogP contribution in [0.4, 0.5) is 18.9 Å². The van der Waals surface area contributed by atoms with E-state index in [-0.39, 0.29) is 48.9 Å². The highest BCUT2D eigenvalue weighted by atomic mass is 79.9. The molecule has 44 heavy (non-hydrogen) atoms. The monoisotopic (exact) mass is 717 g/mol. The minimum atomic E-state index is -5.09. The molecule has 2 aromatic carbocycles. The quantitative estimate of drug-likeness (QED) is 0.178. The zero-order valence-electron chi connectivity index (χ0n) is 22.6. The van der Waals surface area contributed by atoms with Gasteiger partial charge in [0.05, 0.1) is 38.8 Å². The van der Waals surface area contributed by atoms with Crippen molar-refractivity contribution in [3.8, 4) is 5.75 Å². The van der Waals surface area contributed by atoms with Gasteiger partial charge in [-0.05, 0) is 65.2 Å². The van der Waals surface area contributed by atoms with Crippen LogP contribution in [0.3, 0.4) is 0 Å². The van der Waals surface area contributed by atoms with Crippen LogP contribution in [0.15, 0.2) is 61.9 Å². The summed E-state index contributed by atoms with van der Waals surface area (Å²) in [5.41, 5.74) is -3.57. The van der Waals surface area contributed by atoms with Gasteiger partial charge in [0.25, 0.3) is 5.56 Å². The number of allylic oxidation sites excluding steroid dienone is 1. The second-order valence-electron chi connectivity index (χ2n) is 8.82. The van der Waals surface area contributed by atoms with Crippen molar-refractivity contribution in [2.45, 2.75) is 26.1 Å². The van der Waals surface area contributed by atoms with E-state index in [1.807, 2.05) is 0 Å². The highest BCUT2D eigenvalue weighted by Gasteiger charge is 2.45. The molecule has 0 N–H and O–H groups in total. The number of benzene rings is 2. The number of carbonyl (C=O) groups excluding carboxylic acids is 2. The molecular formula is C27H20BrClF3N3O8S. The molecule has 0 amide bonds. The normalized spacial score (nSPS) is 15.0. The number of carbonyl (C=O) groups is 2. The fourth-order valence-electron chi connectivity index (χ4n) is 4.25. The van der Waals surface area contributed by atoms with E-state index in [0.29, 0.717) is 11.3 Å². The zero-order chi connectivity index (χ0) is 32.3. The molecule has 0 spiro atoms. The van der Waals surface area contributed by atoms with Crippen LogP contribution < -0.4 is 19.6 Å². The van der Waals surface area contributed by atoms with Crippen molar-refractivity contribution in [2.75, 3.05) is 19.8 Å². The van der Waals surface area contributed by atoms with Crippen molar-refractivity contribution in [1.29, 1.82) is 0 Å². The highest BCUT2D eigenvalue weighted by Crippen LogP contribution is 2.39. The molecule has 1 aromatic heterocycles. The number of ether oxygens (including phenoxy) is 3. The molecule has 11 nitrogen and oxygen atoms in total. The number of hydrogen-bond acceptors (Lipinski definition) is 10. The molecule has 17 heteroatoms. The predicted octanol–water partition coefficient (Wildman–Crippen LogP) is 4.61. The van der Waals surface area contributed by atoms with Gasteiger partial charge in [-0.25, -0.2) is 14.6 Å². The first kappa shape index (κ1) is 32.9. The summed E-state index contributed by atoms with van der Waals surface area (Å²) in [7, 11) is 0. The van der Waals surface area contributed by atoms with Gasteiger partial charge in [0.1, 0.15) is 0 Å². The van der Waals surface area contributed by atoms with E-state index in [2.05, 4.69) is 20.9 Å². The predicted molar refractivity (Wildman–Crippen MR) is 155 cm³/mol. The molecule has 1 aliphatic heterocycles. The molecule has 2 heterocycles. The van der Waals surface area contributed by atoms with Gasteiger partial charge < -0.3 is 14.2 Å². The van der Waals surface area contributed by atoms with E-state index in [9.17, 15) is 37.7 Å². The van der Waals surface area contributed by atoms with Gasteiger partial charge in [0.15, 0.2) is 17.1 Å². The largest absolute Gasteiger partial charge is 0.474 e. The third-order valence-electron chi connectivity index (χ3n) is 5.96. The van der Waals surface area contributed by atoms with Gasteiger partial charge >= 0.3 is 23.8 Å². The lowest BCUT2D eigenvalue weighted by Crippen LogP contribution is -2.41. The number of halogens is 5. The Morgan fingerprint density at radius 2 is 1.84 bits per heavy atom. The Morgan fingerprint density at radius 3 is 2.43 bits per heavy atom. The molecule has 0 radical (unpaired) electrons. The van der Waals surface area contributed by atoms with Crippen LogP contribution in [0.1, 0.15) is 31.0 Å². The number of nitrogens with zero attached hydrogens (tertiary/aromatic N) is 3. The van der Waals surface area contributed by atoms with E-state index in [1.165, 1.54) is 43.3 Å². The topological polar surface area (TPSA) is 139 Å². The van der Waals surface area contributed by atoms with Crippen molar-refractivity contribution < 1.29 is 41.9 Å².